The van der Waals surface area contributed by atoms with Gasteiger partial charge in [0.25, 0.3) is 0 Å². The summed E-state index contributed by atoms with van der Waals surface area (Å²) in [4.78, 5) is 6.55. The molecule has 0 amide bonds. The van der Waals surface area contributed by atoms with Crippen molar-refractivity contribution >= 4 is 34.8 Å². The molecule has 6 heteroatoms. The van der Waals surface area contributed by atoms with E-state index in [9.17, 15) is 0 Å². The fraction of sp³-hybridized carbons (Fsp3) is 0.643. The molecule has 1 aromatic rings. The van der Waals surface area contributed by atoms with Crippen LogP contribution in [0.5, 0.6) is 0 Å². The number of nitrogen functional groups attached to an aromatic ring is 1. The smallest absolute Gasteiger partial charge is 0.161 e. The second-order valence-corrected chi connectivity index (χ2v) is 6.90. The summed E-state index contributed by atoms with van der Waals surface area (Å²) < 4.78 is 0. The molecule has 2 saturated carbocycles. The predicted molar refractivity (Wildman–Crippen MR) is 84.3 cm³/mol. The van der Waals surface area contributed by atoms with E-state index in [0.29, 0.717) is 15.9 Å². The highest BCUT2D eigenvalue weighted by Gasteiger charge is 2.39. The van der Waals surface area contributed by atoms with Crippen molar-refractivity contribution in [1.29, 1.82) is 0 Å². The number of hydrogen-bond donors (Lipinski definition) is 2. The number of anilines is 2. The van der Waals surface area contributed by atoms with Crippen LogP contribution in [0.4, 0.5) is 11.6 Å². The molecule has 2 aliphatic carbocycles. The van der Waals surface area contributed by atoms with Crippen LogP contribution >= 0.6 is 23.2 Å². The number of aromatic nitrogens is 1. The monoisotopic (exact) mass is 314 g/mol. The number of nitrogens with two attached hydrogens (primary N) is 1. The third-order valence-electron chi connectivity index (χ3n) is 4.80. The quantitative estimate of drug-likeness (QED) is 0.659. The van der Waals surface area contributed by atoms with Crippen LogP contribution in [0.15, 0.2) is 6.07 Å². The lowest BCUT2D eigenvalue weighted by molar-refractivity contribution is 0.337. The van der Waals surface area contributed by atoms with Crippen molar-refractivity contribution in [2.24, 2.45) is 23.6 Å². The summed E-state index contributed by atoms with van der Waals surface area (Å²) in [6.07, 6.45) is 5.57. The molecule has 0 spiro atoms. The number of nitrogens with zero attached hydrogens (tertiary/aromatic N) is 2. The molecular weight excluding hydrogens is 295 g/mol. The maximum Gasteiger partial charge on any atom is 0.161 e. The first-order chi connectivity index (χ1) is 9.58. The Balaban J connectivity index is 1.75. The Labute approximate surface area is 129 Å². The molecule has 2 bridgehead atoms. The van der Waals surface area contributed by atoms with Gasteiger partial charge in [0.1, 0.15) is 5.82 Å². The SMILES string of the molecule is CN(CC1CC2CCC1C2)c1nc(NN)c(Cl)cc1Cl. The molecule has 1 aromatic heterocycles. The van der Waals surface area contributed by atoms with Gasteiger partial charge in [-0.25, -0.2) is 10.8 Å². The molecule has 2 fully saturated rings. The van der Waals surface area contributed by atoms with Crippen LogP contribution in [0.1, 0.15) is 25.7 Å². The van der Waals surface area contributed by atoms with Crippen molar-refractivity contribution < 1.29 is 0 Å². The molecule has 0 aliphatic heterocycles. The number of rotatable bonds is 4. The van der Waals surface area contributed by atoms with Gasteiger partial charge in [-0.1, -0.05) is 29.6 Å². The van der Waals surface area contributed by atoms with Crippen molar-refractivity contribution in [2.75, 3.05) is 23.9 Å². The van der Waals surface area contributed by atoms with E-state index >= 15 is 0 Å². The second-order valence-electron chi connectivity index (χ2n) is 6.08. The highest BCUT2D eigenvalue weighted by atomic mass is 35.5. The maximum atomic E-state index is 6.26. The standard InChI is InChI=1S/C14H20Cl2N4/c1-20(7-10-5-8-2-3-9(10)4-8)14-12(16)6-11(15)13(18-14)19-17/h6,8-10H,2-5,7,17H2,1H3,(H,18,19). The summed E-state index contributed by atoms with van der Waals surface area (Å²) >= 11 is 12.3. The average Bonchev–Trinajstić information content (AvgIpc) is 3.01. The largest absolute Gasteiger partial charge is 0.358 e. The fourth-order valence-corrected chi connectivity index (χ4v) is 4.42. The highest BCUT2D eigenvalue weighted by Crippen LogP contribution is 2.48. The lowest BCUT2D eigenvalue weighted by Gasteiger charge is -2.28. The van der Waals surface area contributed by atoms with Gasteiger partial charge in [-0.15, -0.1) is 0 Å². The third-order valence-corrected chi connectivity index (χ3v) is 5.37. The first-order valence-electron chi connectivity index (χ1n) is 7.12. The van der Waals surface area contributed by atoms with Crippen LogP contribution in [0.3, 0.4) is 0 Å². The minimum atomic E-state index is 0.439. The van der Waals surface area contributed by atoms with Crippen LogP contribution in [-0.4, -0.2) is 18.6 Å². The van der Waals surface area contributed by atoms with Crippen LogP contribution < -0.4 is 16.2 Å². The average molecular weight is 315 g/mol. The van der Waals surface area contributed by atoms with Gasteiger partial charge in [-0.05, 0) is 43.1 Å². The van der Waals surface area contributed by atoms with Gasteiger partial charge in [0.2, 0.25) is 0 Å². The van der Waals surface area contributed by atoms with E-state index in [-0.39, 0.29) is 0 Å². The van der Waals surface area contributed by atoms with E-state index in [4.69, 9.17) is 29.0 Å². The fourth-order valence-electron chi connectivity index (χ4n) is 3.86. The molecule has 3 rings (SSSR count). The van der Waals surface area contributed by atoms with Crippen LogP contribution in [0, 0.1) is 17.8 Å². The van der Waals surface area contributed by atoms with Crippen molar-refractivity contribution in [1.82, 2.24) is 4.98 Å². The summed E-state index contributed by atoms with van der Waals surface area (Å²) in [6, 6.07) is 1.69. The van der Waals surface area contributed by atoms with Crippen LogP contribution in [-0.2, 0) is 0 Å². The Morgan fingerprint density at radius 1 is 1.35 bits per heavy atom. The Kier molecular flexibility index (Phi) is 3.98. The zero-order chi connectivity index (χ0) is 14.3. The van der Waals surface area contributed by atoms with Gasteiger partial charge < -0.3 is 10.3 Å². The van der Waals surface area contributed by atoms with Gasteiger partial charge in [-0.2, -0.15) is 0 Å². The number of halogens is 2. The normalized spacial score (nSPS) is 27.9. The van der Waals surface area contributed by atoms with Crippen molar-refractivity contribution in [2.45, 2.75) is 25.7 Å². The first-order valence-corrected chi connectivity index (χ1v) is 7.88. The molecule has 3 unspecified atom stereocenters. The number of hydrazine groups is 1. The minimum absolute atomic E-state index is 0.439. The predicted octanol–water partition coefficient (Wildman–Crippen LogP) is 3.55. The van der Waals surface area contributed by atoms with Crippen molar-refractivity contribution in [3.05, 3.63) is 16.1 Å². The molecule has 1 heterocycles. The Morgan fingerprint density at radius 2 is 2.15 bits per heavy atom. The highest BCUT2D eigenvalue weighted by molar-refractivity contribution is 6.37. The molecular formula is C14H20Cl2N4. The molecule has 4 nitrogen and oxygen atoms in total. The topological polar surface area (TPSA) is 54.2 Å². The van der Waals surface area contributed by atoms with Gasteiger partial charge in [0.15, 0.2) is 5.82 Å². The van der Waals surface area contributed by atoms with Crippen LogP contribution in [0.25, 0.3) is 0 Å². The zero-order valence-electron chi connectivity index (χ0n) is 11.6. The van der Waals surface area contributed by atoms with E-state index < -0.39 is 0 Å². The summed E-state index contributed by atoms with van der Waals surface area (Å²) in [5, 5.41) is 1.01. The lowest BCUT2D eigenvalue weighted by atomic mass is 9.88. The molecule has 3 N–H and O–H groups in total. The molecule has 20 heavy (non-hydrogen) atoms. The van der Waals surface area contributed by atoms with E-state index in [2.05, 4.69) is 15.3 Å². The molecule has 0 saturated heterocycles. The maximum absolute atomic E-state index is 6.26. The summed E-state index contributed by atoms with van der Waals surface area (Å²) in [7, 11) is 2.04. The van der Waals surface area contributed by atoms with Crippen molar-refractivity contribution in [3.63, 3.8) is 0 Å². The number of hydrogen-bond acceptors (Lipinski definition) is 4. The Morgan fingerprint density at radius 3 is 2.75 bits per heavy atom. The van der Waals surface area contributed by atoms with Gasteiger partial charge in [0, 0.05) is 13.6 Å². The van der Waals surface area contributed by atoms with Gasteiger partial charge in [-0.3, -0.25) is 0 Å². The lowest BCUT2D eigenvalue weighted by Crippen LogP contribution is -2.29. The number of pyridine rings is 1. The third kappa shape index (κ3) is 2.57. The first kappa shape index (κ1) is 14.2. The molecule has 2 aliphatic rings. The summed E-state index contributed by atoms with van der Waals surface area (Å²) in [5.41, 5.74) is 2.51. The molecule has 0 aromatic carbocycles. The van der Waals surface area contributed by atoms with E-state index in [1.807, 2.05) is 7.05 Å². The Hall–Kier alpha value is -0.710. The zero-order valence-corrected chi connectivity index (χ0v) is 13.1. The van der Waals surface area contributed by atoms with E-state index in [1.165, 1.54) is 25.7 Å². The molecule has 3 atom stereocenters. The number of fused-ring (bicyclic) bond motifs is 2. The Bertz CT molecular complexity index is 508. The van der Waals surface area contributed by atoms with Gasteiger partial charge in [0.05, 0.1) is 10.0 Å². The second kappa shape index (κ2) is 5.58. The van der Waals surface area contributed by atoms with Crippen molar-refractivity contribution in [3.8, 4) is 0 Å². The van der Waals surface area contributed by atoms with E-state index in [1.54, 1.807) is 6.07 Å². The van der Waals surface area contributed by atoms with E-state index in [0.717, 1.165) is 30.1 Å². The molecule has 110 valence electrons. The minimum Gasteiger partial charge on any atom is -0.358 e. The number of nitrogens with one attached hydrogen (secondary N) is 1. The van der Waals surface area contributed by atoms with Crippen LogP contribution in [0.2, 0.25) is 10.0 Å². The summed E-state index contributed by atoms with van der Waals surface area (Å²) in [6.45, 7) is 1.000. The van der Waals surface area contributed by atoms with Gasteiger partial charge >= 0.3 is 0 Å². The molecule has 0 radical (unpaired) electrons. The summed E-state index contributed by atoms with van der Waals surface area (Å²) in [5.74, 6) is 9.24.